The van der Waals surface area contributed by atoms with Gasteiger partial charge in [-0.25, -0.2) is 0 Å². The van der Waals surface area contributed by atoms with Crippen molar-refractivity contribution < 1.29 is 5.11 Å². The smallest absolute Gasteiger partial charge is 0.0497 e. The second-order valence-corrected chi connectivity index (χ2v) is 3.43. The van der Waals surface area contributed by atoms with Gasteiger partial charge in [0.25, 0.3) is 0 Å². The number of aryl methyl sites for hydroxylation is 2. The number of hydrogen-bond donors (Lipinski definition) is 1. The Morgan fingerprint density at radius 2 is 1.92 bits per heavy atom. The number of hydrogen-bond acceptors (Lipinski definition) is 1. The van der Waals surface area contributed by atoms with Gasteiger partial charge in [0.1, 0.15) is 0 Å². The number of rotatable bonds is 2. The molecule has 1 aromatic rings. The first-order chi connectivity index (χ1) is 5.65. The van der Waals surface area contributed by atoms with Gasteiger partial charge in [-0.1, -0.05) is 25.1 Å². The summed E-state index contributed by atoms with van der Waals surface area (Å²) in [5.74, 6) is 0.254. The molecule has 0 heterocycles. The van der Waals surface area contributed by atoms with Gasteiger partial charge in [0.2, 0.25) is 0 Å². The van der Waals surface area contributed by atoms with E-state index in [1.54, 1.807) is 0 Å². The first-order valence-electron chi connectivity index (χ1n) is 4.33. The van der Waals surface area contributed by atoms with Crippen LogP contribution in [0.2, 0.25) is 0 Å². The predicted octanol–water partition coefficient (Wildman–Crippen LogP) is 2.40. The van der Waals surface area contributed by atoms with Gasteiger partial charge in [-0.3, -0.25) is 0 Å². The summed E-state index contributed by atoms with van der Waals surface area (Å²) in [6, 6.07) is 6.34. The first-order valence-corrected chi connectivity index (χ1v) is 4.33. The van der Waals surface area contributed by atoms with Crippen molar-refractivity contribution in [1.29, 1.82) is 0 Å². The minimum atomic E-state index is 0.225. The SMILES string of the molecule is Cc1ccc(C(C)CO)cc1C. The Labute approximate surface area is 74.1 Å². The van der Waals surface area contributed by atoms with Gasteiger partial charge < -0.3 is 5.11 Å². The molecule has 1 rings (SSSR count). The summed E-state index contributed by atoms with van der Waals surface area (Å²) in [6.45, 7) is 6.46. The van der Waals surface area contributed by atoms with Crippen LogP contribution in [0.4, 0.5) is 0 Å². The van der Waals surface area contributed by atoms with E-state index < -0.39 is 0 Å². The molecule has 0 spiro atoms. The summed E-state index contributed by atoms with van der Waals surface area (Å²) in [7, 11) is 0. The Morgan fingerprint density at radius 1 is 1.25 bits per heavy atom. The molecular weight excluding hydrogens is 148 g/mol. The van der Waals surface area contributed by atoms with Gasteiger partial charge >= 0.3 is 0 Å². The highest BCUT2D eigenvalue weighted by Gasteiger charge is 2.03. The van der Waals surface area contributed by atoms with Crippen molar-refractivity contribution >= 4 is 0 Å². The molecule has 0 aliphatic rings. The lowest BCUT2D eigenvalue weighted by molar-refractivity contribution is 0.273. The zero-order chi connectivity index (χ0) is 9.14. The van der Waals surface area contributed by atoms with E-state index >= 15 is 0 Å². The normalized spacial score (nSPS) is 13.0. The van der Waals surface area contributed by atoms with Crippen LogP contribution in [0.25, 0.3) is 0 Å². The molecule has 0 aliphatic carbocycles. The largest absolute Gasteiger partial charge is 0.396 e. The number of aliphatic hydroxyl groups excluding tert-OH is 1. The van der Waals surface area contributed by atoms with Crippen molar-refractivity contribution in [2.24, 2.45) is 0 Å². The average molecular weight is 164 g/mol. The van der Waals surface area contributed by atoms with Crippen molar-refractivity contribution in [1.82, 2.24) is 0 Å². The lowest BCUT2D eigenvalue weighted by Crippen LogP contribution is -1.99. The molecule has 12 heavy (non-hydrogen) atoms. The summed E-state index contributed by atoms with van der Waals surface area (Å²) in [5.41, 5.74) is 3.83. The standard InChI is InChI=1S/C11H16O/c1-8-4-5-11(6-9(8)2)10(3)7-12/h4-6,10,12H,7H2,1-3H3. The number of benzene rings is 1. The van der Waals surface area contributed by atoms with Crippen LogP contribution in [0.5, 0.6) is 0 Å². The Morgan fingerprint density at radius 3 is 2.42 bits per heavy atom. The molecule has 0 saturated carbocycles. The van der Waals surface area contributed by atoms with E-state index in [-0.39, 0.29) is 12.5 Å². The van der Waals surface area contributed by atoms with Gasteiger partial charge in [0.05, 0.1) is 0 Å². The molecule has 0 bridgehead atoms. The molecule has 1 nitrogen and oxygen atoms in total. The molecule has 0 amide bonds. The molecule has 0 fully saturated rings. The Hall–Kier alpha value is -0.820. The van der Waals surface area contributed by atoms with E-state index in [1.165, 1.54) is 16.7 Å². The fourth-order valence-corrected chi connectivity index (χ4v) is 1.18. The quantitative estimate of drug-likeness (QED) is 0.711. The lowest BCUT2D eigenvalue weighted by atomic mass is 9.98. The average Bonchev–Trinajstić information content (AvgIpc) is 2.08. The summed E-state index contributed by atoms with van der Waals surface area (Å²) in [4.78, 5) is 0. The van der Waals surface area contributed by atoms with Crippen LogP contribution >= 0.6 is 0 Å². The molecule has 0 saturated heterocycles. The molecule has 0 aromatic heterocycles. The zero-order valence-corrected chi connectivity index (χ0v) is 7.96. The summed E-state index contributed by atoms with van der Waals surface area (Å²) in [5, 5.41) is 8.95. The summed E-state index contributed by atoms with van der Waals surface area (Å²) in [6.07, 6.45) is 0. The van der Waals surface area contributed by atoms with Crippen LogP contribution in [0.3, 0.4) is 0 Å². The Balaban J connectivity index is 2.96. The minimum absolute atomic E-state index is 0.225. The number of aliphatic hydroxyl groups is 1. The van der Waals surface area contributed by atoms with Crippen LogP contribution in [0.15, 0.2) is 18.2 Å². The third kappa shape index (κ3) is 1.86. The predicted molar refractivity (Wildman–Crippen MR) is 51.4 cm³/mol. The third-order valence-corrected chi connectivity index (χ3v) is 2.37. The molecule has 1 heteroatoms. The van der Waals surface area contributed by atoms with E-state index in [0.29, 0.717) is 0 Å². The fourth-order valence-electron chi connectivity index (χ4n) is 1.18. The van der Waals surface area contributed by atoms with Crippen molar-refractivity contribution in [2.45, 2.75) is 26.7 Å². The van der Waals surface area contributed by atoms with Crippen LogP contribution in [0.1, 0.15) is 29.5 Å². The summed E-state index contributed by atoms with van der Waals surface area (Å²) >= 11 is 0. The van der Waals surface area contributed by atoms with E-state index in [2.05, 4.69) is 32.0 Å². The second-order valence-electron chi connectivity index (χ2n) is 3.43. The molecule has 1 atom stereocenters. The van der Waals surface area contributed by atoms with Crippen LogP contribution in [-0.2, 0) is 0 Å². The van der Waals surface area contributed by atoms with Crippen molar-refractivity contribution in [3.05, 3.63) is 34.9 Å². The molecule has 0 radical (unpaired) electrons. The van der Waals surface area contributed by atoms with Crippen molar-refractivity contribution in [2.75, 3.05) is 6.61 Å². The molecule has 66 valence electrons. The maximum atomic E-state index is 8.95. The molecule has 1 unspecified atom stereocenters. The highest BCUT2D eigenvalue weighted by atomic mass is 16.3. The van der Waals surface area contributed by atoms with Gasteiger partial charge in [-0.15, -0.1) is 0 Å². The third-order valence-electron chi connectivity index (χ3n) is 2.37. The lowest BCUT2D eigenvalue weighted by Gasteiger charge is -2.10. The van der Waals surface area contributed by atoms with E-state index in [9.17, 15) is 0 Å². The van der Waals surface area contributed by atoms with Gasteiger partial charge in [-0.05, 0) is 30.5 Å². The topological polar surface area (TPSA) is 20.2 Å². The zero-order valence-electron chi connectivity index (χ0n) is 7.96. The molecular formula is C11H16O. The van der Waals surface area contributed by atoms with Gasteiger partial charge in [0.15, 0.2) is 0 Å². The van der Waals surface area contributed by atoms with Crippen LogP contribution < -0.4 is 0 Å². The molecule has 1 N–H and O–H groups in total. The molecule has 0 aliphatic heterocycles. The maximum Gasteiger partial charge on any atom is 0.0497 e. The van der Waals surface area contributed by atoms with Crippen molar-refractivity contribution in [3.63, 3.8) is 0 Å². The van der Waals surface area contributed by atoms with E-state index in [4.69, 9.17) is 5.11 Å². The van der Waals surface area contributed by atoms with Gasteiger partial charge in [-0.2, -0.15) is 0 Å². The van der Waals surface area contributed by atoms with Crippen LogP contribution in [-0.4, -0.2) is 11.7 Å². The van der Waals surface area contributed by atoms with Crippen molar-refractivity contribution in [3.8, 4) is 0 Å². The Kier molecular flexibility index (Phi) is 2.88. The highest BCUT2D eigenvalue weighted by molar-refractivity contribution is 5.31. The summed E-state index contributed by atoms with van der Waals surface area (Å²) < 4.78 is 0. The van der Waals surface area contributed by atoms with Gasteiger partial charge in [0, 0.05) is 12.5 Å². The van der Waals surface area contributed by atoms with E-state index in [0.717, 1.165) is 0 Å². The second kappa shape index (κ2) is 3.72. The van der Waals surface area contributed by atoms with E-state index in [1.807, 2.05) is 6.92 Å². The fraction of sp³-hybridized carbons (Fsp3) is 0.455. The molecule has 1 aromatic carbocycles. The first kappa shape index (κ1) is 9.27. The monoisotopic (exact) mass is 164 g/mol. The maximum absolute atomic E-state index is 8.95. The van der Waals surface area contributed by atoms with Crippen LogP contribution in [0, 0.1) is 13.8 Å². The highest BCUT2D eigenvalue weighted by Crippen LogP contribution is 2.17. The Bertz CT molecular complexity index is 266. The minimum Gasteiger partial charge on any atom is -0.396 e.